The van der Waals surface area contributed by atoms with Crippen molar-refractivity contribution >= 4 is 17.6 Å². The first-order valence-electron chi connectivity index (χ1n) is 8.56. The molecule has 0 aliphatic carbocycles. The fourth-order valence-corrected chi connectivity index (χ4v) is 2.89. The smallest absolute Gasteiger partial charge is 0.319 e. The first kappa shape index (κ1) is 17.8. The van der Waals surface area contributed by atoms with Gasteiger partial charge in [-0.15, -0.1) is 0 Å². The number of nitrogens with one attached hydrogen (secondary N) is 2. The third-order valence-electron chi connectivity index (χ3n) is 4.34. The van der Waals surface area contributed by atoms with Crippen molar-refractivity contribution in [2.75, 3.05) is 26.0 Å². The Labute approximate surface area is 153 Å². The topological polar surface area (TPSA) is 70.7 Å². The maximum absolute atomic E-state index is 12.2. The lowest BCUT2D eigenvalue weighted by atomic mass is 10.1. The summed E-state index contributed by atoms with van der Waals surface area (Å²) in [4.78, 5) is 25.8. The standard InChI is InChI=1S/C20H23N3O3/c1-13-8-9-15(19(24)23(2)3)11-17(13)22-20(25)21-12-16-10-14-6-4-5-7-18(14)26-16/h4-9,11,16H,10,12H2,1-3H3,(H2,21,22,25). The number of anilines is 1. The highest BCUT2D eigenvalue weighted by molar-refractivity contribution is 5.97. The van der Waals surface area contributed by atoms with Gasteiger partial charge >= 0.3 is 6.03 Å². The summed E-state index contributed by atoms with van der Waals surface area (Å²) in [6, 6.07) is 12.8. The first-order valence-corrected chi connectivity index (χ1v) is 8.56. The van der Waals surface area contributed by atoms with Crippen molar-refractivity contribution in [2.24, 2.45) is 0 Å². The van der Waals surface area contributed by atoms with Crippen molar-refractivity contribution in [1.29, 1.82) is 0 Å². The van der Waals surface area contributed by atoms with Crippen molar-refractivity contribution in [1.82, 2.24) is 10.2 Å². The first-order chi connectivity index (χ1) is 12.4. The second-order valence-electron chi connectivity index (χ2n) is 6.62. The molecule has 136 valence electrons. The predicted octanol–water partition coefficient (Wildman–Crippen LogP) is 2.82. The van der Waals surface area contributed by atoms with Crippen LogP contribution in [-0.2, 0) is 6.42 Å². The highest BCUT2D eigenvalue weighted by atomic mass is 16.5. The highest BCUT2D eigenvalue weighted by Crippen LogP contribution is 2.27. The highest BCUT2D eigenvalue weighted by Gasteiger charge is 2.22. The van der Waals surface area contributed by atoms with Gasteiger partial charge in [0.25, 0.3) is 5.91 Å². The van der Waals surface area contributed by atoms with E-state index >= 15 is 0 Å². The molecule has 0 radical (unpaired) electrons. The van der Waals surface area contributed by atoms with E-state index in [1.54, 1.807) is 26.2 Å². The molecule has 1 unspecified atom stereocenters. The lowest BCUT2D eigenvalue weighted by Crippen LogP contribution is -2.37. The van der Waals surface area contributed by atoms with Crippen molar-refractivity contribution in [2.45, 2.75) is 19.4 Å². The summed E-state index contributed by atoms with van der Waals surface area (Å²) in [6.07, 6.45) is 0.711. The Hall–Kier alpha value is -3.02. The number of fused-ring (bicyclic) bond motifs is 1. The Bertz CT molecular complexity index is 808. The van der Waals surface area contributed by atoms with Gasteiger partial charge in [0.2, 0.25) is 0 Å². The molecule has 2 aromatic carbocycles. The quantitative estimate of drug-likeness (QED) is 0.888. The number of benzene rings is 2. The van der Waals surface area contributed by atoms with Crippen LogP contribution in [0, 0.1) is 6.92 Å². The van der Waals surface area contributed by atoms with Crippen LogP contribution in [0.15, 0.2) is 42.5 Å². The van der Waals surface area contributed by atoms with Gasteiger partial charge < -0.3 is 20.3 Å². The molecule has 0 bridgehead atoms. The lowest BCUT2D eigenvalue weighted by molar-refractivity contribution is 0.0827. The Morgan fingerprint density at radius 2 is 1.96 bits per heavy atom. The van der Waals surface area contributed by atoms with Gasteiger partial charge in [-0.2, -0.15) is 0 Å². The fourth-order valence-electron chi connectivity index (χ4n) is 2.89. The van der Waals surface area contributed by atoms with E-state index in [0.717, 1.165) is 23.3 Å². The monoisotopic (exact) mass is 353 g/mol. The molecule has 0 aromatic heterocycles. The SMILES string of the molecule is Cc1ccc(C(=O)N(C)C)cc1NC(=O)NCC1Cc2ccccc2O1. The van der Waals surface area contributed by atoms with Crippen LogP contribution in [0.25, 0.3) is 0 Å². The Morgan fingerprint density at radius 3 is 2.69 bits per heavy atom. The molecule has 0 saturated carbocycles. The number of urea groups is 1. The van der Waals surface area contributed by atoms with E-state index in [0.29, 0.717) is 17.8 Å². The number of aryl methyl sites for hydroxylation is 1. The molecule has 3 amide bonds. The fraction of sp³-hybridized carbons (Fsp3) is 0.300. The molecule has 1 heterocycles. The normalized spacial score (nSPS) is 15.0. The van der Waals surface area contributed by atoms with E-state index in [2.05, 4.69) is 10.6 Å². The van der Waals surface area contributed by atoms with E-state index in [1.807, 2.05) is 37.3 Å². The van der Waals surface area contributed by atoms with Crippen LogP contribution in [0.5, 0.6) is 5.75 Å². The average Bonchev–Trinajstić information content (AvgIpc) is 3.04. The van der Waals surface area contributed by atoms with Crippen LogP contribution in [0.3, 0.4) is 0 Å². The molecule has 6 nitrogen and oxygen atoms in total. The molecule has 0 fully saturated rings. The van der Waals surface area contributed by atoms with Gasteiger partial charge in [0.15, 0.2) is 0 Å². The number of carbonyl (C=O) groups is 2. The molecule has 2 N–H and O–H groups in total. The second-order valence-corrected chi connectivity index (χ2v) is 6.62. The van der Waals surface area contributed by atoms with Gasteiger partial charge in [0.05, 0.1) is 6.54 Å². The van der Waals surface area contributed by atoms with Crippen LogP contribution in [0.1, 0.15) is 21.5 Å². The van der Waals surface area contributed by atoms with Gasteiger partial charge in [-0.25, -0.2) is 4.79 Å². The van der Waals surface area contributed by atoms with Crippen LogP contribution >= 0.6 is 0 Å². The van der Waals surface area contributed by atoms with Crippen molar-refractivity contribution in [3.63, 3.8) is 0 Å². The number of amides is 3. The number of para-hydroxylation sites is 1. The van der Waals surface area contributed by atoms with Crippen LogP contribution in [-0.4, -0.2) is 43.6 Å². The van der Waals surface area contributed by atoms with Gasteiger partial charge in [-0.05, 0) is 36.2 Å². The summed E-state index contributed by atoms with van der Waals surface area (Å²) in [5.41, 5.74) is 3.20. The minimum Gasteiger partial charge on any atom is -0.488 e. The van der Waals surface area contributed by atoms with Gasteiger partial charge in [0.1, 0.15) is 11.9 Å². The molecule has 3 rings (SSSR count). The minimum atomic E-state index is -0.317. The van der Waals surface area contributed by atoms with E-state index in [1.165, 1.54) is 4.90 Å². The third-order valence-corrected chi connectivity index (χ3v) is 4.34. The van der Waals surface area contributed by atoms with Crippen molar-refractivity contribution < 1.29 is 14.3 Å². The third kappa shape index (κ3) is 3.96. The molecule has 2 aromatic rings. The van der Waals surface area contributed by atoms with Crippen molar-refractivity contribution in [3.05, 3.63) is 59.2 Å². The van der Waals surface area contributed by atoms with Crippen LogP contribution < -0.4 is 15.4 Å². The maximum Gasteiger partial charge on any atom is 0.319 e. The molecule has 6 heteroatoms. The molecule has 26 heavy (non-hydrogen) atoms. The number of hydrogen-bond acceptors (Lipinski definition) is 3. The van der Waals surface area contributed by atoms with Crippen LogP contribution in [0.2, 0.25) is 0 Å². The Balaban J connectivity index is 1.57. The Morgan fingerprint density at radius 1 is 1.19 bits per heavy atom. The lowest BCUT2D eigenvalue weighted by Gasteiger charge is -2.15. The van der Waals surface area contributed by atoms with Crippen molar-refractivity contribution in [3.8, 4) is 5.75 Å². The molecule has 0 saturated heterocycles. The van der Waals surface area contributed by atoms with E-state index < -0.39 is 0 Å². The van der Waals surface area contributed by atoms with E-state index in [4.69, 9.17) is 4.74 Å². The predicted molar refractivity (Wildman–Crippen MR) is 101 cm³/mol. The summed E-state index contributed by atoms with van der Waals surface area (Å²) in [5.74, 6) is 0.774. The van der Waals surface area contributed by atoms with Gasteiger partial charge in [-0.1, -0.05) is 24.3 Å². The summed E-state index contributed by atoms with van der Waals surface area (Å²) < 4.78 is 5.82. The molecular formula is C20H23N3O3. The zero-order chi connectivity index (χ0) is 18.7. The number of nitrogens with zero attached hydrogens (tertiary/aromatic N) is 1. The summed E-state index contributed by atoms with van der Waals surface area (Å²) in [5, 5.41) is 5.65. The number of hydrogen-bond donors (Lipinski definition) is 2. The minimum absolute atomic E-state index is 0.0686. The maximum atomic E-state index is 12.2. The second kappa shape index (κ2) is 7.47. The molecular weight excluding hydrogens is 330 g/mol. The molecule has 1 aliphatic heterocycles. The number of carbonyl (C=O) groups excluding carboxylic acids is 2. The Kier molecular flexibility index (Phi) is 5.11. The summed E-state index contributed by atoms with van der Waals surface area (Å²) >= 11 is 0. The molecule has 0 spiro atoms. The zero-order valence-corrected chi connectivity index (χ0v) is 15.2. The number of rotatable bonds is 4. The average molecular weight is 353 g/mol. The van der Waals surface area contributed by atoms with Crippen LogP contribution in [0.4, 0.5) is 10.5 Å². The molecule has 1 aliphatic rings. The van der Waals surface area contributed by atoms with E-state index in [9.17, 15) is 9.59 Å². The zero-order valence-electron chi connectivity index (χ0n) is 15.2. The molecule has 1 atom stereocenters. The number of ether oxygens (including phenoxy) is 1. The van der Waals surface area contributed by atoms with Gasteiger partial charge in [0, 0.05) is 31.8 Å². The van der Waals surface area contributed by atoms with E-state index in [-0.39, 0.29) is 18.0 Å². The summed E-state index contributed by atoms with van der Waals surface area (Å²) in [6.45, 7) is 2.30. The van der Waals surface area contributed by atoms with Gasteiger partial charge in [-0.3, -0.25) is 4.79 Å². The largest absolute Gasteiger partial charge is 0.488 e. The summed E-state index contributed by atoms with van der Waals surface area (Å²) in [7, 11) is 3.39.